The molecule has 1 atom stereocenters. The van der Waals surface area contributed by atoms with Gasteiger partial charge in [0, 0.05) is 6.54 Å². The Bertz CT molecular complexity index is 826. The summed E-state index contributed by atoms with van der Waals surface area (Å²) in [4.78, 5) is 12.3. The lowest BCUT2D eigenvalue weighted by atomic mass is 10.4. The number of anilines is 1. The molecule has 3 aromatic heterocycles. The zero-order valence-electron chi connectivity index (χ0n) is 13.4. The van der Waals surface area contributed by atoms with E-state index in [4.69, 9.17) is 4.42 Å². The Labute approximate surface area is 146 Å². The summed E-state index contributed by atoms with van der Waals surface area (Å²) in [5, 5.41) is 20.5. The summed E-state index contributed by atoms with van der Waals surface area (Å²) in [7, 11) is 0. The molecule has 24 heavy (non-hydrogen) atoms. The average molecular weight is 364 g/mol. The van der Waals surface area contributed by atoms with Crippen LogP contribution in [0.4, 0.5) is 5.13 Å². The van der Waals surface area contributed by atoms with Gasteiger partial charge in [-0.25, -0.2) is 0 Å². The van der Waals surface area contributed by atoms with Gasteiger partial charge in [-0.3, -0.25) is 14.7 Å². The standard InChI is InChI=1S/C14H16N6O2S2/c1-4-20-11(10-6-5-7-22-10)17-19-14(20)23-8(2)12(21)15-13-18-16-9(3)24-13/h5-8H,4H2,1-3H3,(H,15,18,21)/t8-/m1/s1. The molecule has 10 heteroatoms. The fourth-order valence-electron chi connectivity index (χ4n) is 2.01. The first-order valence-electron chi connectivity index (χ1n) is 7.33. The maximum atomic E-state index is 12.3. The lowest BCUT2D eigenvalue weighted by Gasteiger charge is -2.10. The summed E-state index contributed by atoms with van der Waals surface area (Å²) in [6, 6.07) is 3.63. The summed E-state index contributed by atoms with van der Waals surface area (Å²) >= 11 is 2.68. The van der Waals surface area contributed by atoms with Crippen LogP contribution in [0.5, 0.6) is 0 Å². The van der Waals surface area contributed by atoms with Gasteiger partial charge in [0.15, 0.2) is 16.7 Å². The summed E-state index contributed by atoms with van der Waals surface area (Å²) in [6.45, 7) is 6.32. The molecule has 1 amide bonds. The second kappa shape index (κ2) is 7.14. The third-order valence-corrected chi connectivity index (χ3v) is 5.02. The number of furan rings is 1. The van der Waals surface area contributed by atoms with Crippen molar-refractivity contribution < 1.29 is 9.21 Å². The molecule has 3 aromatic rings. The molecule has 0 saturated carbocycles. The molecule has 8 nitrogen and oxygen atoms in total. The third-order valence-electron chi connectivity index (χ3n) is 3.18. The van der Waals surface area contributed by atoms with Gasteiger partial charge in [-0.1, -0.05) is 23.1 Å². The Hall–Kier alpha value is -2.20. The number of rotatable bonds is 6. The van der Waals surface area contributed by atoms with E-state index in [2.05, 4.69) is 25.7 Å². The van der Waals surface area contributed by atoms with Gasteiger partial charge in [-0.05, 0) is 32.9 Å². The maximum Gasteiger partial charge on any atom is 0.239 e. The molecule has 3 heterocycles. The minimum absolute atomic E-state index is 0.152. The van der Waals surface area contributed by atoms with E-state index in [-0.39, 0.29) is 11.2 Å². The normalized spacial score (nSPS) is 12.3. The van der Waals surface area contributed by atoms with Crippen LogP contribution in [-0.2, 0) is 11.3 Å². The molecule has 0 aliphatic heterocycles. The van der Waals surface area contributed by atoms with E-state index in [1.807, 2.05) is 31.4 Å². The van der Waals surface area contributed by atoms with E-state index < -0.39 is 0 Å². The van der Waals surface area contributed by atoms with E-state index in [9.17, 15) is 4.79 Å². The molecule has 0 bridgehead atoms. The van der Waals surface area contributed by atoms with E-state index in [1.165, 1.54) is 23.1 Å². The van der Waals surface area contributed by atoms with Crippen molar-refractivity contribution in [3.05, 3.63) is 23.4 Å². The molecule has 0 aliphatic rings. The van der Waals surface area contributed by atoms with Crippen molar-refractivity contribution in [1.82, 2.24) is 25.0 Å². The first kappa shape index (κ1) is 16.7. The molecule has 0 fully saturated rings. The molecule has 3 rings (SSSR count). The van der Waals surface area contributed by atoms with Gasteiger partial charge >= 0.3 is 0 Å². The zero-order valence-corrected chi connectivity index (χ0v) is 15.0. The fraction of sp³-hybridized carbons (Fsp3) is 0.357. The van der Waals surface area contributed by atoms with Gasteiger partial charge in [0.2, 0.25) is 11.0 Å². The highest BCUT2D eigenvalue weighted by Gasteiger charge is 2.21. The van der Waals surface area contributed by atoms with Gasteiger partial charge in [0.1, 0.15) is 5.01 Å². The van der Waals surface area contributed by atoms with Crippen molar-refractivity contribution >= 4 is 34.1 Å². The smallest absolute Gasteiger partial charge is 0.239 e. The molecule has 1 N–H and O–H groups in total. The SMILES string of the molecule is CCn1c(S[C@H](C)C(=O)Nc2nnc(C)s2)nnc1-c1ccco1. The number of hydrogen-bond donors (Lipinski definition) is 1. The highest BCUT2D eigenvalue weighted by molar-refractivity contribution is 8.00. The van der Waals surface area contributed by atoms with Crippen molar-refractivity contribution in [2.45, 2.75) is 37.7 Å². The number of carbonyl (C=O) groups excluding carboxylic acids is 1. The van der Waals surface area contributed by atoms with Gasteiger partial charge < -0.3 is 4.42 Å². The van der Waals surface area contributed by atoms with Crippen molar-refractivity contribution in [2.75, 3.05) is 5.32 Å². The molecule has 0 aliphatic carbocycles. The van der Waals surface area contributed by atoms with E-state index in [0.717, 1.165) is 5.01 Å². The molecule has 126 valence electrons. The average Bonchev–Trinajstić information content (AvgIpc) is 3.27. The Morgan fingerprint density at radius 2 is 2.25 bits per heavy atom. The lowest BCUT2D eigenvalue weighted by Crippen LogP contribution is -2.22. The first-order chi connectivity index (χ1) is 11.6. The minimum atomic E-state index is -0.354. The summed E-state index contributed by atoms with van der Waals surface area (Å²) < 4.78 is 7.30. The van der Waals surface area contributed by atoms with Crippen LogP contribution in [0.2, 0.25) is 0 Å². The molecular weight excluding hydrogens is 348 g/mol. The topological polar surface area (TPSA) is 98.7 Å². The van der Waals surface area contributed by atoms with Crippen molar-refractivity contribution in [3.63, 3.8) is 0 Å². The van der Waals surface area contributed by atoms with Crippen molar-refractivity contribution in [2.24, 2.45) is 0 Å². The number of amides is 1. The Kier molecular flexibility index (Phi) is 4.95. The van der Waals surface area contributed by atoms with Crippen molar-refractivity contribution in [1.29, 1.82) is 0 Å². The molecule has 0 saturated heterocycles. The Balaban J connectivity index is 1.72. The van der Waals surface area contributed by atoms with Crippen LogP contribution < -0.4 is 5.32 Å². The van der Waals surface area contributed by atoms with Gasteiger partial charge in [-0.2, -0.15) is 0 Å². The monoisotopic (exact) mass is 364 g/mol. The Morgan fingerprint density at radius 1 is 1.42 bits per heavy atom. The van der Waals surface area contributed by atoms with Crippen LogP contribution in [0, 0.1) is 6.92 Å². The Morgan fingerprint density at radius 3 is 2.88 bits per heavy atom. The summed E-state index contributed by atoms with van der Waals surface area (Å²) in [5.41, 5.74) is 0. The molecule has 0 aromatic carbocycles. The molecule has 0 spiro atoms. The van der Waals surface area contributed by atoms with Crippen LogP contribution in [0.1, 0.15) is 18.9 Å². The van der Waals surface area contributed by atoms with E-state index >= 15 is 0 Å². The summed E-state index contributed by atoms with van der Waals surface area (Å²) in [6.07, 6.45) is 1.59. The number of aryl methyl sites for hydroxylation is 1. The van der Waals surface area contributed by atoms with Crippen LogP contribution >= 0.6 is 23.1 Å². The highest BCUT2D eigenvalue weighted by atomic mass is 32.2. The third kappa shape index (κ3) is 3.49. The quantitative estimate of drug-likeness (QED) is 0.671. The van der Waals surface area contributed by atoms with Crippen LogP contribution in [0.3, 0.4) is 0 Å². The van der Waals surface area contributed by atoms with Gasteiger partial charge in [-0.15, -0.1) is 20.4 Å². The molecular formula is C14H16N6O2S2. The number of thioether (sulfide) groups is 1. The largest absolute Gasteiger partial charge is 0.461 e. The lowest BCUT2D eigenvalue weighted by molar-refractivity contribution is -0.115. The predicted octanol–water partition coefficient (Wildman–Crippen LogP) is 2.84. The fourth-order valence-corrected chi connectivity index (χ4v) is 3.52. The highest BCUT2D eigenvalue weighted by Crippen LogP contribution is 2.27. The molecule has 0 radical (unpaired) electrons. The second-order valence-electron chi connectivity index (χ2n) is 4.90. The first-order valence-corrected chi connectivity index (χ1v) is 9.02. The summed E-state index contributed by atoms with van der Waals surface area (Å²) in [5.74, 6) is 1.15. The van der Waals surface area contributed by atoms with E-state index in [1.54, 1.807) is 12.3 Å². The number of nitrogens with zero attached hydrogens (tertiary/aromatic N) is 5. The number of carbonyl (C=O) groups is 1. The number of hydrogen-bond acceptors (Lipinski definition) is 8. The molecule has 0 unspecified atom stereocenters. The number of aromatic nitrogens is 5. The van der Waals surface area contributed by atoms with Crippen LogP contribution in [0.15, 0.2) is 28.0 Å². The minimum Gasteiger partial charge on any atom is -0.461 e. The van der Waals surface area contributed by atoms with E-state index in [0.29, 0.717) is 28.4 Å². The van der Waals surface area contributed by atoms with Gasteiger partial charge in [0.25, 0.3) is 0 Å². The number of nitrogens with one attached hydrogen (secondary N) is 1. The van der Waals surface area contributed by atoms with Crippen LogP contribution in [0.25, 0.3) is 11.6 Å². The maximum absolute atomic E-state index is 12.3. The van der Waals surface area contributed by atoms with Gasteiger partial charge in [0.05, 0.1) is 11.5 Å². The predicted molar refractivity (Wildman–Crippen MR) is 92.0 cm³/mol. The second-order valence-corrected chi connectivity index (χ2v) is 7.39. The van der Waals surface area contributed by atoms with Crippen molar-refractivity contribution in [3.8, 4) is 11.6 Å². The van der Waals surface area contributed by atoms with Crippen LogP contribution in [-0.4, -0.2) is 36.1 Å². The zero-order chi connectivity index (χ0) is 17.1.